The number of likely N-dealkylation sites (tertiary alicyclic amines) is 1. The predicted molar refractivity (Wildman–Crippen MR) is 107 cm³/mol. The quantitative estimate of drug-likeness (QED) is 0.582. The van der Waals surface area contributed by atoms with Gasteiger partial charge in [-0.1, -0.05) is 31.4 Å². The summed E-state index contributed by atoms with van der Waals surface area (Å²) in [6.07, 6.45) is 4.02. The van der Waals surface area contributed by atoms with Crippen molar-refractivity contribution in [3.05, 3.63) is 53.5 Å². The molecule has 1 aliphatic heterocycles. The third-order valence-corrected chi connectivity index (χ3v) is 5.64. The first kappa shape index (κ1) is 20.4. The van der Waals surface area contributed by atoms with Crippen LogP contribution in [0.3, 0.4) is 0 Å². The van der Waals surface area contributed by atoms with Crippen LogP contribution in [0, 0.1) is 6.92 Å². The molecule has 3 aromatic rings. The first-order valence-electron chi connectivity index (χ1n) is 10.2. The van der Waals surface area contributed by atoms with Gasteiger partial charge in [0.2, 0.25) is 0 Å². The molecule has 1 amide bonds. The van der Waals surface area contributed by atoms with Crippen molar-refractivity contribution in [2.75, 3.05) is 13.1 Å². The lowest BCUT2D eigenvalue weighted by molar-refractivity contribution is -0.137. The Morgan fingerprint density at radius 1 is 1.03 bits per heavy atom. The Hall–Kier alpha value is -2.90. The number of aryl methyl sites for hydroxylation is 1. The summed E-state index contributed by atoms with van der Waals surface area (Å²) in [7, 11) is 0. The lowest BCUT2D eigenvalue weighted by atomic mass is 10.1. The Morgan fingerprint density at radius 3 is 2.43 bits per heavy atom. The molecule has 0 atom stereocenters. The minimum atomic E-state index is -4.42. The van der Waals surface area contributed by atoms with E-state index in [2.05, 4.69) is 10.1 Å². The molecule has 3 heterocycles. The van der Waals surface area contributed by atoms with Gasteiger partial charge in [0.1, 0.15) is 0 Å². The average molecular weight is 416 g/mol. The Labute approximate surface area is 172 Å². The minimum absolute atomic E-state index is 0.0695. The molecule has 1 fully saturated rings. The van der Waals surface area contributed by atoms with Crippen LogP contribution in [0.15, 0.2) is 36.7 Å². The van der Waals surface area contributed by atoms with Crippen LogP contribution < -0.4 is 0 Å². The molecule has 1 saturated heterocycles. The number of carbonyl (C=O) groups excluding carboxylic acids is 1. The van der Waals surface area contributed by atoms with E-state index in [1.807, 2.05) is 4.90 Å². The van der Waals surface area contributed by atoms with E-state index in [4.69, 9.17) is 0 Å². The van der Waals surface area contributed by atoms with Crippen molar-refractivity contribution < 1.29 is 18.0 Å². The summed E-state index contributed by atoms with van der Waals surface area (Å²) in [6, 6.07) is 5.10. The molecule has 30 heavy (non-hydrogen) atoms. The first-order valence-corrected chi connectivity index (χ1v) is 10.2. The van der Waals surface area contributed by atoms with E-state index in [9.17, 15) is 18.0 Å². The monoisotopic (exact) mass is 416 g/mol. The van der Waals surface area contributed by atoms with Gasteiger partial charge in [-0.3, -0.25) is 4.79 Å². The highest BCUT2D eigenvalue weighted by Gasteiger charge is 2.31. The van der Waals surface area contributed by atoms with Gasteiger partial charge < -0.3 is 4.90 Å². The number of benzene rings is 1. The zero-order valence-electron chi connectivity index (χ0n) is 16.7. The van der Waals surface area contributed by atoms with E-state index in [-0.39, 0.29) is 5.91 Å². The van der Waals surface area contributed by atoms with Crippen LogP contribution in [0.1, 0.15) is 53.7 Å². The van der Waals surface area contributed by atoms with Crippen LogP contribution in [0.2, 0.25) is 0 Å². The normalized spacial score (nSPS) is 15.8. The maximum absolute atomic E-state index is 13.1. The molecule has 0 spiro atoms. The third kappa shape index (κ3) is 3.91. The topological polar surface area (TPSA) is 50.5 Å². The number of nitrogens with zero attached hydrogens (tertiary/aromatic N) is 4. The van der Waals surface area contributed by atoms with Gasteiger partial charge in [-0.15, -0.1) is 0 Å². The summed E-state index contributed by atoms with van der Waals surface area (Å²) in [5.41, 5.74) is 1.69. The predicted octanol–water partition coefficient (Wildman–Crippen LogP) is 5.13. The van der Waals surface area contributed by atoms with Crippen molar-refractivity contribution in [3.8, 4) is 11.1 Å². The number of rotatable bonds is 2. The van der Waals surface area contributed by atoms with Crippen molar-refractivity contribution in [1.29, 1.82) is 0 Å². The second-order valence-electron chi connectivity index (χ2n) is 7.69. The van der Waals surface area contributed by atoms with E-state index >= 15 is 0 Å². The lowest BCUT2D eigenvalue weighted by Gasteiger charge is -2.25. The fourth-order valence-electron chi connectivity index (χ4n) is 3.94. The van der Waals surface area contributed by atoms with E-state index in [0.717, 1.165) is 50.9 Å². The molecule has 5 nitrogen and oxygen atoms in total. The van der Waals surface area contributed by atoms with Gasteiger partial charge in [0, 0.05) is 24.8 Å². The maximum atomic E-state index is 13.1. The number of fused-ring (bicyclic) bond motifs is 1. The third-order valence-electron chi connectivity index (χ3n) is 5.64. The van der Waals surface area contributed by atoms with Gasteiger partial charge in [-0.25, -0.2) is 9.50 Å². The number of alkyl halides is 3. The molecule has 4 rings (SSSR count). The maximum Gasteiger partial charge on any atom is 0.416 e. The fraction of sp³-hybridized carbons (Fsp3) is 0.409. The Bertz CT molecular complexity index is 1070. The zero-order chi connectivity index (χ0) is 21.3. The highest BCUT2D eigenvalue weighted by molar-refractivity contribution is 5.95. The average Bonchev–Trinajstić information content (AvgIpc) is 3.12. The summed E-state index contributed by atoms with van der Waals surface area (Å²) in [5, 5.41) is 4.31. The molecule has 0 N–H and O–H groups in total. The smallest absolute Gasteiger partial charge is 0.339 e. The number of halogens is 3. The van der Waals surface area contributed by atoms with Gasteiger partial charge in [-0.2, -0.15) is 18.3 Å². The van der Waals surface area contributed by atoms with E-state index in [0.29, 0.717) is 28.0 Å². The fourth-order valence-corrected chi connectivity index (χ4v) is 3.94. The number of amides is 1. The van der Waals surface area contributed by atoms with Crippen molar-refractivity contribution in [2.45, 2.75) is 45.2 Å². The Balaban J connectivity index is 1.69. The summed E-state index contributed by atoms with van der Waals surface area (Å²) < 4.78 is 40.8. The Morgan fingerprint density at radius 2 is 1.73 bits per heavy atom. The Kier molecular flexibility index (Phi) is 5.49. The van der Waals surface area contributed by atoms with Crippen LogP contribution >= 0.6 is 0 Å². The second-order valence-corrected chi connectivity index (χ2v) is 7.69. The van der Waals surface area contributed by atoms with Crippen molar-refractivity contribution in [1.82, 2.24) is 19.5 Å². The molecule has 0 aliphatic carbocycles. The van der Waals surface area contributed by atoms with Gasteiger partial charge in [0.25, 0.3) is 5.91 Å². The van der Waals surface area contributed by atoms with Gasteiger partial charge in [0.15, 0.2) is 5.65 Å². The zero-order valence-corrected chi connectivity index (χ0v) is 16.7. The van der Waals surface area contributed by atoms with Gasteiger partial charge in [-0.05, 0) is 37.5 Å². The second kappa shape index (κ2) is 8.08. The lowest BCUT2D eigenvalue weighted by Crippen LogP contribution is -2.34. The summed E-state index contributed by atoms with van der Waals surface area (Å²) in [4.78, 5) is 19.3. The highest BCUT2D eigenvalue weighted by atomic mass is 19.4. The molecule has 0 unspecified atom stereocenters. The molecular weight excluding hydrogens is 393 g/mol. The summed E-state index contributed by atoms with van der Waals surface area (Å²) in [6.45, 7) is 3.24. The molecule has 158 valence electrons. The van der Waals surface area contributed by atoms with Crippen molar-refractivity contribution in [2.24, 2.45) is 0 Å². The van der Waals surface area contributed by atoms with Crippen LogP contribution in [0.4, 0.5) is 13.2 Å². The highest BCUT2D eigenvalue weighted by Crippen LogP contribution is 2.33. The minimum Gasteiger partial charge on any atom is -0.339 e. The molecule has 0 saturated carbocycles. The molecule has 0 bridgehead atoms. The van der Waals surface area contributed by atoms with Gasteiger partial charge in [0.05, 0.1) is 23.0 Å². The molecular formula is C22H23F3N4O. The van der Waals surface area contributed by atoms with Crippen LogP contribution in [-0.4, -0.2) is 38.5 Å². The summed E-state index contributed by atoms with van der Waals surface area (Å²) in [5.74, 6) is -0.0695. The molecule has 1 aromatic carbocycles. The van der Waals surface area contributed by atoms with Crippen LogP contribution in [0.5, 0.6) is 0 Å². The van der Waals surface area contributed by atoms with Crippen LogP contribution in [0.25, 0.3) is 16.8 Å². The number of carbonyl (C=O) groups is 1. The standard InChI is InChI=1S/C22H23F3N4O/c1-15-18(21(30)28-10-5-3-2-4-6-11-28)13-26-20-19(14-27-29(15)20)16-8-7-9-17(12-16)22(23,24)25/h7-9,12-14H,2-6,10-11H2,1H3. The number of aromatic nitrogens is 3. The van der Waals surface area contributed by atoms with Crippen molar-refractivity contribution >= 4 is 11.6 Å². The van der Waals surface area contributed by atoms with Gasteiger partial charge >= 0.3 is 6.18 Å². The molecule has 8 heteroatoms. The molecule has 2 aromatic heterocycles. The van der Waals surface area contributed by atoms with Crippen molar-refractivity contribution in [3.63, 3.8) is 0 Å². The summed E-state index contributed by atoms with van der Waals surface area (Å²) >= 11 is 0. The van der Waals surface area contributed by atoms with E-state index in [1.165, 1.54) is 29.4 Å². The van der Waals surface area contributed by atoms with Crippen LogP contribution in [-0.2, 0) is 6.18 Å². The number of hydrogen-bond acceptors (Lipinski definition) is 3. The SMILES string of the molecule is Cc1c(C(=O)N2CCCCCCC2)cnc2c(-c3cccc(C(F)(F)F)c3)cnn12. The molecule has 1 aliphatic rings. The first-order chi connectivity index (χ1) is 14.4. The van der Waals surface area contributed by atoms with E-state index < -0.39 is 11.7 Å². The molecule has 0 radical (unpaired) electrons. The largest absolute Gasteiger partial charge is 0.416 e. The van der Waals surface area contributed by atoms with E-state index in [1.54, 1.807) is 13.0 Å². The number of hydrogen-bond donors (Lipinski definition) is 0.